The first-order chi connectivity index (χ1) is 8.36. The third-order valence-electron chi connectivity index (χ3n) is 2.87. The third-order valence-corrected chi connectivity index (χ3v) is 4.71. The zero-order valence-electron chi connectivity index (χ0n) is 9.80. The zero-order chi connectivity index (χ0) is 11.9. The van der Waals surface area contributed by atoms with Crippen LogP contribution in [0.15, 0.2) is 9.85 Å². The first-order valence-electron chi connectivity index (χ1n) is 6.03. The summed E-state index contributed by atoms with van der Waals surface area (Å²) >= 11 is 2.98. The Hall–Kier alpha value is -0.620. The van der Waals surface area contributed by atoms with Crippen molar-refractivity contribution in [2.24, 2.45) is 0 Å². The number of hydrogen-bond donors (Lipinski definition) is 0. The fourth-order valence-electron chi connectivity index (χ4n) is 1.94. The molecule has 0 unspecified atom stereocenters. The average Bonchev–Trinajstić information content (AvgIpc) is 2.78. The van der Waals surface area contributed by atoms with Crippen LogP contribution in [0.4, 0.5) is 0 Å². The molecule has 1 aromatic heterocycles. The number of carbonyl (C=O) groups is 1. The number of hydrogen-bond acceptors (Lipinski definition) is 5. The molecule has 0 aromatic carbocycles. The predicted octanol–water partition coefficient (Wildman–Crippen LogP) is 2.42. The van der Waals surface area contributed by atoms with Gasteiger partial charge in [0.2, 0.25) is 5.91 Å². The Labute approximate surface area is 110 Å². The molecule has 1 saturated heterocycles. The van der Waals surface area contributed by atoms with Crippen molar-refractivity contribution >= 4 is 29.0 Å². The second-order valence-corrected chi connectivity index (χ2v) is 6.20. The fourth-order valence-corrected chi connectivity index (χ4v) is 3.33. The van der Waals surface area contributed by atoms with Crippen LogP contribution in [0.25, 0.3) is 0 Å². The van der Waals surface area contributed by atoms with Gasteiger partial charge in [0.1, 0.15) is 5.51 Å². The first-order valence-corrected chi connectivity index (χ1v) is 7.89. The molecule has 0 radical (unpaired) electrons. The molecule has 17 heavy (non-hydrogen) atoms. The van der Waals surface area contributed by atoms with E-state index >= 15 is 0 Å². The van der Waals surface area contributed by atoms with E-state index in [4.69, 9.17) is 0 Å². The highest BCUT2D eigenvalue weighted by molar-refractivity contribution is 8.01. The van der Waals surface area contributed by atoms with E-state index in [0.29, 0.717) is 5.75 Å². The van der Waals surface area contributed by atoms with Crippen molar-refractivity contribution in [2.45, 2.75) is 36.4 Å². The van der Waals surface area contributed by atoms with Gasteiger partial charge < -0.3 is 4.90 Å². The topological polar surface area (TPSA) is 46.1 Å². The lowest BCUT2D eigenvalue weighted by atomic mass is 10.1. The lowest BCUT2D eigenvalue weighted by molar-refractivity contribution is -0.128. The minimum absolute atomic E-state index is 0.243. The van der Waals surface area contributed by atoms with E-state index in [-0.39, 0.29) is 5.91 Å². The van der Waals surface area contributed by atoms with Crippen LogP contribution in [0.5, 0.6) is 0 Å². The van der Waals surface area contributed by atoms with Crippen molar-refractivity contribution in [2.75, 3.05) is 18.8 Å². The molecule has 1 aromatic rings. The number of carbonyl (C=O) groups excluding carboxylic acids is 1. The molecule has 0 saturated carbocycles. The van der Waals surface area contributed by atoms with Crippen LogP contribution in [0, 0.1) is 0 Å². The molecule has 1 aliphatic heterocycles. The Kier molecular flexibility index (Phi) is 5.25. The highest BCUT2D eigenvalue weighted by atomic mass is 32.2. The van der Waals surface area contributed by atoms with Gasteiger partial charge in [0.15, 0.2) is 4.34 Å². The number of thioether (sulfide) groups is 1. The Balaban J connectivity index is 1.77. The molecular weight excluding hydrogens is 254 g/mol. The smallest absolute Gasteiger partial charge is 0.233 e. The summed E-state index contributed by atoms with van der Waals surface area (Å²) in [5.41, 5.74) is 1.70. The summed E-state index contributed by atoms with van der Waals surface area (Å²) in [7, 11) is 0. The van der Waals surface area contributed by atoms with Gasteiger partial charge in [-0.05, 0) is 12.8 Å². The Bertz CT molecular complexity index is 334. The summed E-state index contributed by atoms with van der Waals surface area (Å²) in [4.78, 5) is 14.0. The second-order valence-electron chi connectivity index (χ2n) is 4.14. The van der Waals surface area contributed by atoms with Crippen molar-refractivity contribution in [1.29, 1.82) is 0 Å². The standard InChI is InChI=1S/C11H17N3OS2/c15-10(8-16-11-13-12-9-17-11)14-6-4-2-1-3-5-7-14/h9H,1-8H2. The molecule has 0 aliphatic carbocycles. The average molecular weight is 271 g/mol. The molecule has 0 atom stereocenters. The Morgan fingerprint density at radius 3 is 2.65 bits per heavy atom. The van der Waals surface area contributed by atoms with E-state index in [1.54, 1.807) is 5.51 Å². The van der Waals surface area contributed by atoms with Crippen molar-refractivity contribution in [1.82, 2.24) is 15.1 Å². The SMILES string of the molecule is O=C(CSc1nncs1)N1CCCCCCC1. The van der Waals surface area contributed by atoms with Gasteiger partial charge in [0.05, 0.1) is 5.75 Å². The van der Waals surface area contributed by atoms with Gasteiger partial charge in [0.25, 0.3) is 0 Å². The Morgan fingerprint density at radius 1 is 1.29 bits per heavy atom. The predicted molar refractivity (Wildman–Crippen MR) is 70.3 cm³/mol. The maximum atomic E-state index is 12.0. The number of likely N-dealkylation sites (tertiary alicyclic amines) is 1. The number of nitrogens with zero attached hydrogens (tertiary/aromatic N) is 3. The Morgan fingerprint density at radius 2 is 2.00 bits per heavy atom. The number of aromatic nitrogens is 2. The van der Waals surface area contributed by atoms with Gasteiger partial charge in [-0.15, -0.1) is 10.2 Å². The molecule has 1 fully saturated rings. The zero-order valence-corrected chi connectivity index (χ0v) is 11.4. The molecule has 0 N–H and O–H groups in total. The molecule has 2 rings (SSSR count). The van der Waals surface area contributed by atoms with Gasteiger partial charge in [-0.2, -0.15) is 0 Å². The summed E-state index contributed by atoms with van der Waals surface area (Å²) in [5, 5.41) is 7.69. The maximum Gasteiger partial charge on any atom is 0.233 e. The van der Waals surface area contributed by atoms with Crippen LogP contribution < -0.4 is 0 Å². The molecule has 0 spiro atoms. The first kappa shape index (κ1) is 12.8. The fraction of sp³-hybridized carbons (Fsp3) is 0.727. The molecule has 1 aliphatic rings. The van der Waals surface area contributed by atoms with Gasteiger partial charge >= 0.3 is 0 Å². The highest BCUT2D eigenvalue weighted by Crippen LogP contribution is 2.20. The molecule has 0 bridgehead atoms. The van der Waals surface area contributed by atoms with Gasteiger partial charge in [0, 0.05) is 13.1 Å². The minimum atomic E-state index is 0.243. The van der Waals surface area contributed by atoms with Gasteiger partial charge in [-0.3, -0.25) is 4.79 Å². The highest BCUT2D eigenvalue weighted by Gasteiger charge is 2.15. The largest absolute Gasteiger partial charge is 0.342 e. The molecule has 94 valence electrons. The second kappa shape index (κ2) is 6.96. The van der Waals surface area contributed by atoms with Crippen molar-refractivity contribution in [3.8, 4) is 0 Å². The quantitative estimate of drug-likeness (QED) is 0.792. The molecule has 2 heterocycles. The molecule has 1 amide bonds. The van der Waals surface area contributed by atoms with Gasteiger partial charge in [-0.25, -0.2) is 0 Å². The van der Waals surface area contributed by atoms with Crippen molar-refractivity contribution in [3.63, 3.8) is 0 Å². The maximum absolute atomic E-state index is 12.0. The monoisotopic (exact) mass is 271 g/mol. The summed E-state index contributed by atoms with van der Waals surface area (Å²) in [6.45, 7) is 1.85. The molecule has 6 heteroatoms. The third kappa shape index (κ3) is 4.27. The summed E-state index contributed by atoms with van der Waals surface area (Å²) in [6, 6.07) is 0. The van der Waals surface area contributed by atoms with E-state index in [2.05, 4.69) is 10.2 Å². The van der Waals surface area contributed by atoms with E-state index < -0.39 is 0 Å². The van der Waals surface area contributed by atoms with E-state index in [1.807, 2.05) is 4.90 Å². The van der Waals surface area contributed by atoms with Crippen LogP contribution in [0.1, 0.15) is 32.1 Å². The lowest BCUT2D eigenvalue weighted by Gasteiger charge is -2.24. The van der Waals surface area contributed by atoms with Crippen molar-refractivity contribution < 1.29 is 4.79 Å². The van der Waals surface area contributed by atoms with Crippen LogP contribution >= 0.6 is 23.1 Å². The van der Waals surface area contributed by atoms with Gasteiger partial charge in [-0.1, -0.05) is 42.4 Å². The molecular formula is C11H17N3OS2. The van der Waals surface area contributed by atoms with Crippen molar-refractivity contribution in [3.05, 3.63) is 5.51 Å². The summed E-state index contributed by atoms with van der Waals surface area (Å²) in [5.74, 6) is 0.738. The molecule has 4 nitrogen and oxygen atoms in total. The summed E-state index contributed by atoms with van der Waals surface area (Å²) in [6.07, 6.45) is 6.13. The van der Waals surface area contributed by atoms with Crippen LogP contribution in [0.2, 0.25) is 0 Å². The van der Waals surface area contributed by atoms with Crippen LogP contribution in [-0.2, 0) is 4.79 Å². The van der Waals surface area contributed by atoms with Crippen LogP contribution in [-0.4, -0.2) is 39.8 Å². The normalized spacial score (nSPS) is 17.5. The van der Waals surface area contributed by atoms with E-state index in [0.717, 1.165) is 30.3 Å². The lowest BCUT2D eigenvalue weighted by Crippen LogP contribution is -2.35. The van der Waals surface area contributed by atoms with Crippen LogP contribution in [0.3, 0.4) is 0 Å². The number of rotatable bonds is 3. The number of amides is 1. The minimum Gasteiger partial charge on any atom is -0.342 e. The van der Waals surface area contributed by atoms with E-state index in [9.17, 15) is 4.79 Å². The van der Waals surface area contributed by atoms with E-state index in [1.165, 1.54) is 42.4 Å². The summed E-state index contributed by atoms with van der Waals surface area (Å²) < 4.78 is 0.880.